The molecule has 1 fully saturated rings. The minimum Gasteiger partial charge on any atom is -0.674 e. The van der Waals surface area contributed by atoms with Gasteiger partial charge in [-0.15, -0.1) is 6.04 Å². The molecule has 1 aliphatic rings. The fraction of sp³-hybridized carbons (Fsp3) is 1.00. The van der Waals surface area contributed by atoms with Gasteiger partial charge in [0.2, 0.25) is 0 Å². The number of piperidine rings is 1. The van der Waals surface area contributed by atoms with Gasteiger partial charge in [-0.05, 0) is 19.5 Å². The second-order valence-electron chi connectivity index (χ2n) is 2.04. The fourth-order valence-electron chi connectivity index (χ4n) is 0.852. The summed E-state index contributed by atoms with van der Waals surface area (Å²) in [7, 11) is 0. The summed E-state index contributed by atoms with van der Waals surface area (Å²) in [5.74, 6) is 0. The predicted molar refractivity (Wildman–Crippen MR) is 30.2 cm³/mol. The van der Waals surface area contributed by atoms with Crippen LogP contribution in [0.15, 0.2) is 0 Å². The number of hydrogen-bond acceptors (Lipinski definition) is 1. The van der Waals surface area contributed by atoms with Gasteiger partial charge in [0, 0.05) is 0 Å². The van der Waals surface area contributed by atoms with Crippen molar-refractivity contribution in [1.29, 1.82) is 0 Å². The first-order chi connectivity index (χ1) is 3.39. The molecule has 1 aliphatic heterocycles. The minimum absolute atomic E-state index is 0. The molecule has 1 saturated heterocycles. The van der Waals surface area contributed by atoms with Crippen LogP contribution >= 0.6 is 0 Å². The van der Waals surface area contributed by atoms with Crippen LogP contribution in [0.25, 0.3) is 5.73 Å². The van der Waals surface area contributed by atoms with Crippen LogP contribution in [0.5, 0.6) is 0 Å². The van der Waals surface area contributed by atoms with Crippen molar-refractivity contribution in [1.82, 2.24) is 5.32 Å². The molecule has 0 spiro atoms. The smallest absolute Gasteiger partial charge is 0.674 e. The molecule has 0 aromatic rings. The van der Waals surface area contributed by atoms with E-state index in [0.717, 1.165) is 19.5 Å². The summed E-state index contributed by atoms with van der Waals surface area (Å²) >= 11 is 0. The molecule has 0 saturated carbocycles. The van der Waals surface area contributed by atoms with Crippen LogP contribution in [0.4, 0.5) is 0 Å². The molecule has 0 aliphatic carbocycles. The quantitative estimate of drug-likeness (QED) is 0.349. The van der Waals surface area contributed by atoms with Gasteiger partial charge in [-0.1, -0.05) is 6.42 Å². The number of rotatable bonds is 0. The first-order valence-electron chi connectivity index (χ1n) is 2.81. The van der Waals surface area contributed by atoms with E-state index in [1.165, 1.54) is 6.42 Å². The zero-order chi connectivity index (χ0) is 5.11. The molecule has 42 valence electrons. The first-order valence-corrected chi connectivity index (χ1v) is 2.81. The summed E-state index contributed by atoms with van der Waals surface area (Å²) < 4.78 is 0. The fourth-order valence-corrected chi connectivity index (χ4v) is 0.852. The van der Waals surface area contributed by atoms with Crippen molar-refractivity contribution in [2.24, 2.45) is 0 Å². The van der Waals surface area contributed by atoms with Gasteiger partial charge in [0.05, 0.1) is 0 Å². The van der Waals surface area contributed by atoms with Crippen molar-refractivity contribution in [2.75, 3.05) is 13.1 Å². The van der Waals surface area contributed by atoms with E-state index in [2.05, 4.69) is 5.32 Å². The van der Waals surface area contributed by atoms with Crippen LogP contribution in [-0.4, -0.2) is 19.1 Å². The van der Waals surface area contributed by atoms with E-state index in [-0.39, 0.29) is 24.9 Å². The average molecular weight is 106 g/mol. The molecule has 1 unspecified atom stereocenters. The summed E-state index contributed by atoms with van der Waals surface area (Å²) in [4.78, 5) is 0. The van der Waals surface area contributed by atoms with E-state index in [1.54, 1.807) is 0 Å². The van der Waals surface area contributed by atoms with Crippen molar-refractivity contribution < 1.29 is 18.9 Å². The van der Waals surface area contributed by atoms with Crippen molar-refractivity contribution in [3.63, 3.8) is 0 Å². The van der Waals surface area contributed by atoms with Gasteiger partial charge in [-0.2, -0.15) is 0 Å². The summed E-state index contributed by atoms with van der Waals surface area (Å²) in [6.07, 6.45) is 2.28. The largest absolute Gasteiger partial charge is 1.00 e. The Morgan fingerprint density at radius 3 is 2.50 bits per heavy atom. The van der Waals surface area contributed by atoms with Crippen LogP contribution in [0.2, 0.25) is 0 Å². The van der Waals surface area contributed by atoms with E-state index in [0.29, 0.717) is 0 Å². The van der Waals surface area contributed by atoms with E-state index in [4.69, 9.17) is 5.73 Å². The van der Waals surface area contributed by atoms with Gasteiger partial charge in [-0.3, -0.25) is 0 Å². The van der Waals surface area contributed by atoms with Crippen LogP contribution in [0.3, 0.4) is 0 Å². The predicted octanol–water partition coefficient (Wildman–Crippen LogP) is -2.21. The van der Waals surface area contributed by atoms with Gasteiger partial charge in [0.1, 0.15) is 0 Å². The van der Waals surface area contributed by atoms with Crippen molar-refractivity contribution in [2.45, 2.75) is 18.9 Å². The minimum atomic E-state index is 0. The Kier molecular flexibility index (Phi) is 4.69. The van der Waals surface area contributed by atoms with Crippen LogP contribution < -0.4 is 24.2 Å². The zero-order valence-electron chi connectivity index (χ0n) is 5.41. The molecule has 0 aromatic heterocycles. The Morgan fingerprint density at radius 1 is 1.50 bits per heavy atom. The maximum Gasteiger partial charge on any atom is 1.00 e. The second-order valence-corrected chi connectivity index (χ2v) is 2.04. The summed E-state index contributed by atoms with van der Waals surface area (Å²) in [5, 5.41) is 3.15. The number of hydrogen-bond donors (Lipinski definition) is 1. The molecule has 2 nitrogen and oxygen atoms in total. The second kappa shape index (κ2) is 4.40. The summed E-state index contributed by atoms with van der Waals surface area (Å²) in [6, 6.07) is 0.175. The Balaban J connectivity index is 0.000000490. The van der Waals surface area contributed by atoms with E-state index in [1.807, 2.05) is 0 Å². The van der Waals surface area contributed by atoms with Crippen LogP contribution in [0, 0.1) is 0 Å². The Bertz CT molecular complexity index is 52.4. The third-order valence-corrected chi connectivity index (χ3v) is 1.30. The molecule has 1 heterocycles. The number of nitrogens with one attached hydrogen (secondary N) is 2. The molecule has 1 atom stereocenters. The molecular formula is C5H11LiN2. The van der Waals surface area contributed by atoms with E-state index in [9.17, 15) is 0 Å². The molecule has 2 N–H and O–H groups in total. The van der Waals surface area contributed by atoms with Crippen molar-refractivity contribution in [3.8, 4) is 0 Å². The summed E-state index contributed by atoms with van der Waals surface area (Å²) in [6.45, 7) is 2.02. The maximum absolute atomic E-state index is 7.21. The molecule has 0 aromatic carbocycles. The Hall–Kier alpha value is 0.517. The molecular weight excluding hydrogens is 95.0 g/mol. The standard InChI is InChI=1S/C5H11N2.Li/c6-5-2-1-3-7-4-5;/h5-7H,1-4H2;/q-1;+1. The topological polar surface area (TPSA) is 35.8 Å². The Morgan fingerprint density at radius 2 is 2.25 bits per heavy atom. The molecule has 0 amide bonds. The third kappa shape index (κ3) is 2.73. The van der Waals surface area contributed by atoms with Crippen LogP contribution in [-0.2, 0) is 0 Å². The average Bonchev–Trinajstić information content (AvgIpc) is 1.69. The Labute approximate surface area is 62.4 Å². The summed E-state index contributed by atoms with van der Waals surface area (Å²) in [5.41, 5.74) is 7.21. The van der Waals surface area contributed by atoms with Gasteiger partial charge in [0.15, 0.2) is 0 Å². The molecule has 0 radical (unpaired) electrons. The SMILES string of the molecule is [Li+].[NH-]C1CCCNC1. The molecule has 8 heavy (non-hydrogen) atoms. The van der Waals surface area contributed by atoms with E-state index >= 15 is 0 Å². The maximum atomic E-state index is 7.21. The van der Waals surface area contributed by atoms with Crippen molar-refractivity contribution >= 4 is 0 Å². The normalized spacial score (nSPS) is 28.9. The van der Waals surface area contributed by atoms with Crippen LogP contribution in [0.1, 0.15) is 12.8 Å². The molecule has 1 rings (SSSR count). The first kappa shape index (κ1) is 8.52. The monoisotopic (exact) mass is 106 g/mol. The van der Waals surface area contributed by atoms with Gasteiger partial charge >= 0.3 is 18.9 Å². The van der Waals surface area contributed by atoms with E-state index < -0.39 is 0 Å². The van der Waals surface area contributed by atoms with Gasteiger partial charge in [0.25, 0.3) is 0 Å². The molecule has 3 heteroatoms. The van der Waals surface area contributed by atoms with Gasteiger partial charge < -0.3 is 11.1 Å². The third-order valence-electron chi connectivity index (χ3n) is 1.30. The molecule has 0 bridgehead atoms. The zero-order valence-corrected chi connectivity index (χ0v) is 5.41. The van der Waals surface area contributed by atoms with Gasteiger partial charge in [-0.25, -0.2) is 0 Å². The van der Waals surface area contributed by atoms with Crippen molar-refractivity contribution in [3.05, 3.63) is 5.73 Å².